The second kappa shape index (κ2) is 6.02. The van der Waals surface area contributed by atoms with Gasteiger partial charge in [0.2, 0.25) is 0 Å². The first-order valence-electron chi connectivity index (χ1n) is 7.51. The predicted molar refractivity (Wildman–Crippen MR) is 87.9 cm³/mol. The van der Waals surface area contributed by atoms with Crippen molar-refractivity contribution < 1.29 is 0 Å². The number of hydrogen-bond acceptors (Lipinski definition) is 4. The molecule has 21 heavy (non-hydrogen) atoms. The zero-order valence-electron chi connectivity index (χ0n) is 14.0. The van der Waals surface area contributed by atoms with E-state index in [2.05, 4.69) is 68.2 Å². The molecule has 2 aromatic heterocycles. The maximum Gasteiger partial charge on any atom is 0.152 e. The van der Waals surface area contributed by atoms with Crippen molar-refractivity contribution in [1.29, 1.82) is 0 Å². The molecule has 0 aliphatic heterocycles. The van der Waals surface area contributed by atoms with Crippen LogP contribution in [0.2, 0.25) is 0 Å². The molecule has 0 amide bonds. The molecule has 0 aromatic carbocycles. The van der Waals surface area contributed by atoms with Gasteiger partial charge in [-0.3, -0.25) is 0 Å². The first-order valence-corrected chi connectivity index (χ1v) is 7.51. The van der Waals surface area contributed by atoms with Crippen LogP contribution in [0.15, 0.2) is 18.5 Å². The van der Waals surface area contributed by atoms with E-state index in [9.17, 15) is 0 Å². The van der Waals surface area contributed by atoms with Crippen molar-refractivity contribution in [3.05, 3.63) is 24.2 Å². The minimum absolute atomic E-state index is 0.179. The van der Waals surface area contributed by atoms with Gasteiger partial charge in [-0.1, -0.05) is 27.7 Å². The van der Waals surface area contributed by atoms with Crippen LogP contribution in [0.5, 0.6) is 0 Å². The number of nitrogens with zero attached hydrogens (tertiary/aromatic N) is 4. The van der Waals surface area contributed by atoms with Crippen LogP contribution in [0, 0.1) is 5.41 Å². The third kappa shape index (κ3) is 3.94. The van der Waals surface area contributed by atoms with Gasteiger partial charge >= 0.3 is 0 Å². The molecule has 0 radical (unpaired) electrons. The summed E-state index contributed by atoms with van der Waals surface area (Å²) in [5, 5.41) is 8.08. The Morgan fingerprint density at radius 2 is 2.05 bits per heavy atom. The van der Waals surface area contributed by atoms with Crippen molar-refractivity contribution in [3.63, 3.8) is 0 Å². The Bertz CT molecular complexity index is 598. The average Bonchev–Trinajstić information content (AvgIpc) is 2.79. The summed E-state index contributed by atoms with van der Waals surface area (Å²) in [5.74, 6) is 1.33. The SMILES string of the molecule is CC(C)c1cc2c(NCC(C)(C)CN(C)C)nccn2n1. The van der Waals surface area contributed by atoms with Gasteiger partial charge in [-0.05, 0) is 31.5 Å². The molecule has 0 bridgehead atoms. The molecular formula is C16H27N5. The molecular weight excluding hydrogens is 262 g/mol. The zero-order valence-corrected chi connectivity index (χ0v) is 14.0. The third-order valence-electron chi connectivity index (χ3n) is 3.48. The third-order valence-corrected chi connectivity index (χ3v) is 3.48. The summed E-state index contributed by atoms with van der Waals surface area (Å²) < 4.78 is 1.91. The Hall–Kier alpha value is -1.62. The molecule has 0 saturated heterocycles. The lowest BCUT2D eigenvalue weighted by Gasteiger charge is -2.28. The lowest BCUT2D eigenvalue weighted by atomic mass is 9.93. The smallest absolute Gasteiger partial charge is 0.152 e. The van der Waals surface area contributed by atoms with Crippen molar-refractivity contribution in [3.8, 4) is 0 Å². The van der Waals surface area contributed by atoms with Gasteiger partial charge in [-0.25, -0.2) is 9.50 Å². The Labute approximate surface area is 127 Å². The van der Waals surface area contributed by atoms with Crippen molar-refractivity contribution in [1.82, 2.24) is 19.5 Å². The lowest BCUT2D eigenvalue weighted by Crippen LogP contribution is -2.34. The first-order chi connectivity index (χ1) is 9.78. The van der Waals surface area contributed by atoms with Crippen molar-refractivity contribution in [2.24, 2.45) is 5.41 Å². The van der Waals surface area contributed by atoms with Crippen molar-refractivity contribution in [2.75, 3.05) is 32.5 Å². The molecule has 2 rings (SSSR count). The fourth-order valence-corrected chi connectivity index (χ4v) is 2.59. The molecule has 1 N–H and O–H groups in total. The van der Waals surface area contributed by atoms with Gasteiger partial charge in [0.1, 0.15) is 5.52 Å². The van der Waals surface area contributed by atoms with Gasteiger partial charge in [0.25, 0.3) is 0 Å². The number of nitrogens with one attached hydrogen (secondary N) is 1. The molecule has 5 heteroatoms. The molecule has 0 spiro atoms. The highest BCUT2D eigenvalue weighted by atomic mass is 15.2. The Morgan fingerprint density at radius 3 is 2.67 bits per heavy atom. The van der Waals surface area contributed by atoms with Crippen LogP contribution in [-0.2, 0) is 0 Å². The van der Waals surface area contributed by atoms with E-state index in [1.807, 2.05) is 10.7 Å². The highest BCUT2D eigenvalue weighted by Crippen LogP contribution is 2.22. The molecule has 0 aliphatic carbocycles. The fraction of sp³-hybridized carbons (Fsp3) is 0.625. The maximum atomic E-state index is 4.59. The van der Waals surface area contributed by atoms with Gasteiger partial charge in [0.15, 0.2) is 5.82 Å². The van der Waals surface area contributed by atoms with Crippen LogP contribution in [0.1, 0.15) is 39.3 Å². The summed E-state index contributed by atoms with van der Waals surface area (Å²) in [6.07, 6.45) is 3.70. The van der Waals surface area contributed by atoms with Crippen LogP contribution >= 0.6 is 0 Å². The number of aromatic nitrogens is 3. The molecule has 0 unspecified atom stereocenters. The minimum Gasteiger partial charge on any atom is -0.368 e. The van der Waals surface area contributed by atoms with E-state index >= 15 is 0 Å². The van der Waals surface area contributed by atoms with Gasteiger partial charge in [0, 0.05) is 25.5 Å². The summed E-state index contributed by atoms with van der Waals surface area (Å²) in [6.45, 7) is 10.7. The highest BCUT2D eigenvalue weighted by molar-refractivity contribution is 5.67. The summed E-state index contributed by atoms with van der Waals surface area (Å²) in [5.41, 5.74) is 2.32. The van der Waals surface area contributed by atoms with Crippen LogP contribution in [-0.4, -0.2) is 46.7 Å². The van der Waals surface area contributed by atoms with Gasteiger partial charge < -0.3 is 10.2 Å². The molecule has 0 aliphatic rings. The average molecular weight is 289 g/mol. The summed E-state index contributed by atoms with van der Waals surface area (Å²) in [4.78, 5) is 6.69. The number of rotatable bonds is 6. The zero-order chi connectivity index (χ0) is 15.6. The Kier molecular flexibility index (Phi) is 4.52. The molecule has 0 saturated carbocycles. The molecule has 0 atom stereocenters. The summed E-state index contributed by atoms with van der Waals surface area (Å²) >= 11 is 0. The maximum absolute atomic E-state index is 4.59. The second-order valence-electron chi connectivity index (χ2n) is 7.09. The number of anilines is 1. The van der Waals surface area contributed by atoms with Gasteiger partial charge in [-0.2, -0.15) is 5.10 Å². The lowest BCUT2D eigenvalue weighted by molar-refractivity contribution is 0.254. The molecule has 2 aromatic rings. The molecule has 116 valence electrons. The predicted octanol–water partition coefficient (Wildman–Crippen LogP) is 2.85. The highest BCUT2D eigenvalue weighted by Gasteiger charge is 2.19. The quantitative estimate of drug-likeness (QED) is 0.888. The van der Waals surface area contributed by atoms with E-state index in [1.165, 1.54) is 0 Å². The standard InChI is InChI=1S/C16H27N5/c1-12(2)13-9-14-15(17-7-8-21(14)19-13)18-10-16(3,4)11-20(5)6/h7-9,12H,10-11H2,1-6H3,(H,17,18). The minimum atomic E-state index is 0.179. The number of fused-ring (bicyclic) bond motifs is 1. The van der Waals surface area contributed by atoms with Crippen LogP contribution < -0.4 is 5.32 Å². The Morgan fingerprint density at radius 1 is 1.33 bits per heavy atom. The van der Waals surface area contributed by atoms with E-state index in [4.69, 9.17) is 0 Å². The topological polar surface area (TPSA) is 45.5 Å². The largest absolute Gasteiger partial charge is 0.368 e. The van der Waals surface area contributed by atoms with Crippen LogP contribution in [0.4, 0.5) is 5.82 Å². The van der Waals surface area contributed by atoms with E-state index in [0.717, 1.165) is 30.1 Å². The van der Waals surface area contributed by atoms with Gasteiger partial charge in [-0.15, -0.1) is 0 Å². The van der Waals surface area contributed by atoms with Crippen molar-refractivity contribution in [2.45, 2.75) is 33.6 Å². The normalized spacial score (nSPS) is 12.6. The van der Waals surface area contributed by atoms with Gasteiger partial charge in [0.05, 0.1) is 5.69 Å². The second-order valence-corrected chi connectivity index (χ2v) is 7.09. The van der Waals surface area contributed by atoms with E-state index in [-0.39, 0.29) is 5.41 Å². The van der Waals surface area contributed by atoms with Crippen LogP contribution in [0.3, 0.4) is 0 Å². The first kappa shape index (κ1) is 15.8. The summed E-state index contributed by atoms with van der Waals surface area (Å²) in [6, 6.07) is 2.12. The number of hydrogen-bond donors (Lipinski definition) is 1. The molecule has 2 heterocycles. The molecule has 5 nitrogen and oxygen atoms in total. The fourth-order valence-electron chi connectivity index (χ4n) is 2.59. The monoisotopic (exact) mass is 289 g/mol. The van der Waals surface area contributed by atoms with E-state index in [0.29, 0.717) is 5.92 Å². The van der Waals surface area contributed by atoms with Crippen LogP contribution in [0.25, 0.3) is 5.52 Å². The Balaban J connectivity index is 2.18. The molecule has 0 fully saturated rings. The van der Waals surface area contributed by atoms with E-state index < -0.39 is 0 Å². The van der Waals surface area contributed by atoms with E-state index in [1.54, 1.807) is 6.20 Å². The van der Waals surface area contributed by atoms with Crippen molar-refractivity contribution >= 4 is 11.3 Å². The summed E-state index contributed by atoms with van der Waals surface area (Å²) in [7, 11) is 4.21.